The van der Waals surface area contributed by atoms with E-state index in [-0.39, 0.29) is 0 Å². The van der Waals surface area contributed by atoms with Gasteiger partial charge in [-0.1, -0.05) is 5.16 Å². The van der Waals surface area contributed by atoms with Crippen molar-refractivity contribution >= 4 is 11.9 Å². The summed E-state index contributed by atoms with van der Waals surface area (Å²) >= 11 is 0. The first-order chi connectivity index (χ1) is 7.68. The van der Waals surface area contributed by atoms with Gasteiger partial charge in [0.25, 0.3) is 0 Å². The molecule has 1 aliphatic rings. The van der Waals surface area contributed by atoms with Crippen LogP contribution in [-0.2, 0) is 19.9 Å². The highest BCUT2D eigenvalue weighted by Gasteiger charge is 2.44. The predicted octanol–water partition coefficient (Wildman–Crippen LogP) is -0.262. The minimum atomic E-state index is -0.922. The van der Waals surface area contributed by atoms with Gasteiger partial charge in [0.2, 0.25) is 6.39 Å². The summed E-state index contributed by atoms with van der Waals surface area (Å²) in [6, 6.07) is 0. The third-order valence-electron chi connectivity index (χ3n) is 2.72. The molecule has 0 atom stereocenters. The maximum atomic E-state index is 11.4. The zero-order valence-corrected chi connectivity index (χ0v) is 8.73. The summed E-state index contributed by atoms with van der Waals surface area (Å²) in [6.45, 7) is 0. The number of methoxy groups -OCH3 is 1. The monoisotopic (exact) mass is 225 g/mol. The number of amides is 1. The Balaban J connectivity index is 2.12. The number of hydrogen-bond acceptors (Lipinski definition) is 6. The molecular weight excluding hydrogens is 214 g/mol. The van der Waals surface area contributed by atoms with Gasteiger partial charge in [-0.15, -0.1) is 0 Å². The van der Waals surface area contributed by atoms with Gasteiger partial charge in [-0.3, -0.25) is 4.79 Å². The van der Waals surface area contributed by atoms with Crippen LogP contribution >= 0.6 is 0 Å². The number of ether oxygens (including phenoxy) is 1. The summed E-state index contributed by atoms with van der Waals surface area (Å²) < 4.78 is 8.96. The van der Waals surface area contributed by atoms with Gasteiger partial charge in [0.05, 0.1) is 7.11 Å². The second-order valence-corrected chi connectivity index (χ2v) is 3.64. The molecule has 1 heterocycles. The summed E-state index contributed by atoms with van der Waals surface area (Å²) in [5.41, 5.74) is -0.668. The Hall–Kier alpha value is -1.92. The number of carbonyl (C=O) groups is 2. The van der Waals surface area contributed by atoms with E-state index in [2.05, 4.69) is 24.7 Å². The van der Waals surface area contributed by atoms with Crippen molar-refractivity contribution < 1.29 is 18.8 Å². The van der Waals surface area contributed by atoms with E-state index < -0.39 is 17.4 Å². The molecule has 1 aliphatic carbocycles. The lowest BCUT2D eigenvalue weighted by Crippen LogP contribution is -2.53. The second kappa shape index (κ2) is 3.92. The largest absolute Gasteiger partial charge is 0.462 e. The molecule has 1 aromatic heterocycles. The number of aromatic nitrogens is 2. The van der Waals surface area contributed by atoms with Crippen molar-refractivity contribution in [1.82, 2.24) is 15.5 Å². The van der Waals surface area contributed by atoms with Crippen molar-refractivity contribution in [3.8, 4) is 0 Å². The van der Waals surface area contributed by atoms with Crippen LogP contribution in [-0.4, -0.2) is 29.1 Å². The van der Waals surface area contributed by atoms with Crippen LogP contribution in [0, 0.1) is 0 Å². The molecule has 7 heteroatoms. The Morgan fingerprint density at radius 3 is 2.75 bits per heavy atom. The molecule has 0 bridgehead atoms. The van der Waals surface area contributed by atoms with Gasteiger partial charge in [0.15, 0.2) is 5.82 Å². The van der Waals surface area contributed by atoms with Gasteiger partial charge in [-0.05, 0) is 19.3 Å². The van der Waals surface area contributed by atoms with Crippen molar-refractivity contribution in [2.24, 2.45) is 0 Å². The standard InChI is InChI=1S/C9H11N3O4/c1-15-7(14)6(13)11-9(3-2-4-9)8-10-5-16-12-8/h5H,2-4H2,1H3,(H,11,13). The lowest BCUT2D eigenvalue weighted by molar-refractivity contribution is -0.154. The van der Waals surface area contributed by atoms with Crippen molar-refractivity contribution in [1.29, 1.82) is 0 Å². The van der Waals surface area contributed by atoms with Crippen molar-refractivity contribution in [3.63, 3.8) is 0 Å². The number of hydrogen-bond donors (Lipinski definition) is 1. The molecule has 0 radical (unpaired) electrons. The Morgan fingerprint density at radius 2 is 2.31 bits per heavy atom. The average molecular weight is 225 g/mol. The van der Waals surface area contributed by atoms with Gasteiger partial charge < -0.3 is 14.6 Å². The third kappa shape index (κ3) is 1.64. The Bertz CT molecular complexity index is 397. The molecule has 1 amide bonds. The van der Waals surface area contributed by atoms with E-state index in [4.69, 9.17) is 0 Å². The number of esters is 1. The molecule has 1 aromatic rings. The zero-order valence-electron chi connectivity index (χ0n) is 8.73. The lowest BCUT2D eigenvalue weighted by atomic mass is 9.76. The van der Waals surface area contributed by atoms with E-state index in [0.29, 0.717) is 18.7 Å². The molecule has 1 saturated carbocycles. The second-order valence-electron chi connectivity index (χ2n) is 3.64. The van der Waals surface area contributed by atoms with Gasteiger partial charge >= 0.3 is 11.9 Å². The van der Waals surface area contributed by atoms with Crippen molar-refractivity contribution in [2.75, 3.05) is 7.11 Å². The van der Waals surface area contributed by atoms with Crippen LogP contribution in [0.1, 0.15) is 25.1 Å². The molecule has 0 aromatic carbocycles. The van der Waals surface area contributed by atoms with E-state index in [1.807, 2.05) is 0 Å². The number of nitrogens with zero attached hydrogens (tertiary/aromatic N) is 2. The van der Waals surface area contributed by atoms with Crippen molar-refractivity contribution in [3.05, 3.63) is 12.2 Å². The highest BCUT2D eigenvalue weighted by Crippen LogP contribution is 2.39. The van der Waals surface area contributed by atoms with Crippen LogP contribution in [0.15, 0.2) is 10.9 Å². The summed E-state index contributed by atoms with van der Waals surface area (Å²) in [6.07, 6.45) is 3.51. The van der Waals surface area contributed by atoms with Crippen LogP contribution in [0.5, 0.6) is 0 Å². The summed E-state index contributed by atoms with van der Waals surface area (Å²) in [5.74, 6) is -1.31. The first-order valence-corrected chi connectivity index (χ1v) is 4.85. The molecule has 0 unspecified atom stereocenters. The first-order valence-electron chi connectivity index (χ1n) is 4.85. The number of nitrogens with one attached hydrogen (secondary N) is 1. The highest BCUT2D eigenvalue weighted by molar-refractivity contribution is 6.32. The van der Waals surface area contributed by atoms with Crippen LogP contribution in [0.4, 0.5) is 0 Å². The van der Waals surface area contributed by atoms with Gasteiger partial charge in [-0.25, -0.2) is 4.79 Å². The Kier molecular flexibility index (Phi) is 2.59. The lowest BCUT2D eigenvalue weighted by Gasteiger charge is -2.39. The molecular formula is C9H11N3O4. The van der Waals surface area contributed by atoms with Crippen LogP contribution < -0.4 is 5.32 Å². The minimum Gasteiger partial charge on any atom is -0.462 e. The highest BCUT2D eigenvalue weighted by atomic mass is 16.5. The fourth-order valence-corrected chi connectivity index (χ4v) is 1.68. The van der Waals surface area contributed by atoms with Gasteiger partial charge in [-0.2, -0.15) is 4.98 Å². The molecule has 1 N–H and O–H groups in total. The Labute approximate surface area is 91.2 Å². The van der Waals surface area contributed by atoms with Crippen molar-refractivity contribution in [2.45, 2.75) is 24.8 Å². The van der Waals surface area contributed by atoms with Crippen LogP contribution in [0.3, 0.4) is 0 Å². The smallest absolute Gasteiger partial charge is 0.396 e. The summed E-state index contributed by atoms with van der Waals surface area (Å²) in [5, 5.41) is 6.28. The summed E-state index contributed by atoms with van der Waals surface area (Å²) in [4.78, 5) is 26.3. The fourth-order valence-electron chi connectivity index (χ4n) is 1.68. The first kappa shape index (κ1) is 10.6. The molecule has 0 aliphatic heterocycles. The molecule has 7 nitrogen and oxygen atoms in total. The molecule has 0 spiro atoms. The van der Waals surface area contributed by atoms with E-state index in [1.54, 1.807) is 0 Å². The van der Waals surface area contributed by atoms with Crippen LogP contribution in [0.2, 0.25) is 0 Å². The van der Waals surface area contributed by atoms with E-state index in [9.17, 15) is 9.59 Å². The van der Waals surface area contributed by atoms with E-state index >= 15 is 0 Å². The molecule has 2 rings (SSSR count). The minimum absolute atomic E-state index is 0.399. The third-order valence-corrected chi connectivity index (χ3v) is 2.72. The van der Waals surface area contributed by atoms with E-state index in [0.717, 1.165) is 13.5 Å². The molecule has 1 fully saturated rings. The topological polar surface area (TPSA) is 94.3 Å². The maximum absolute atomic E-state index is 11.4. The summed E-state index contributed by atoms with van der Waals surface area (Å²) in [7, 11) is 1.16. The molecule has 86 valence electrons. The predicted molar refractivity (Wildman–Crippen MR) is 50.0 cm³/mol. The SMILES string of the molecule is COC(=O)C(=O)NC1(c2ncon2)CCC1. The Morgan fingerprint density at radius 1 is 1.56 bits per heavy atom. The van der Waals surface area contributed by atoms with Crippen LogP contribution in [0.25, 0.3) is 0 Å². The normalized spacial score (nSPS) is 17.3. The average Bonchev–Trinajstić information content (AvgIpc) is 2.75. The zero-order chi connectivity index (χ0) is 11.6. The number of carbonyl (C=O) groups excluding carboxylic acids is 2. The molecule has 0 saturated heterocycles. The van der Waals surface area contributed by atoms with Gasteiger partial charge in [0, 0.05) is 0 Å². The van der Waals surface area contributed by atoms with Gasteiger partial charge in [0.1, 0.15) is 5.54 Å². The van der Waals surface area contributed by atoms with E-state index in [1.165, 1.54) is 6.39 Å². The number of rotatable bonds is 2. The maximum Gasteiger partial charge on any atom is 0.396 e. The fraction of sp³-hybridized carbons (Fsp3) is 0.556. The quantitative estimate of drug-likeness (QED) is 0.550. The molecule has 16 heavy (non-hydrogen) atoms.